The first kappa shape index (κ1) is 19.3. The van der Waals surface area contributed by atoms with Gasteiger partial charge in [0.15, 0.2) is 0 Å². The van der Waals surface area contributed by atoms with Crippen molar-refractivity contribution in [3.8, 4) is 11.5 Å². The van der Waals surface area contributed by atoms with Crippen LogP contribution >= 0.6 is 0 Å². The minimum atomic E-state index is -3.71. The van der Waals surface area contributed by atoms with E-state index in [4.69, 9.17) is 14.2 Å². The van der Waals surface area contributed by atoms with Gasteiger partial charge in [-0.3, -0.25) is 4.99 Å². The molecule has 1 fully saturated rings. The average molecular weight is 390 g/mol. The SMILES string of the molecule is COc1cccc(C=Nc2ccc(OC)cc2S(=O)(=O)N2CCOCC2)c1. The van der Waals surface area contributed by atoms with Gasteiger partial charge in [-0.1, -0.05) is 12.1 Å². The second kappa shape index (κ2) is 8.51. The Morgan fingerprint density at radius 3 is 2.44 bits per heavy atom. The highest BCUT2D eigenvalue weighted by molar-refractivity contribution is 7.89. The molecule has 1 saturated heterocycles. The first-order chi connectivity index (χ1) is 13.0. The van der Waals surface area contributed by atoms with Crippen molar-refractivity contribution in [2.24, 2.45) is 4.99 Å². The summed E-state index contributed by atoms with van der Waals surface area (Å²) in [5.74, 6) is 1.16. The van der Waals surface area contributed by atoms with Gasteiger partial charge in [0.25, 0.3) is 0 Å². The van der Waals surface area contributed by atoms with Crippen LogP contribution in [-0.4, -0.2) is 59.5 Å². The zero-order chi connectivity index (χ0) is 19.3. The third-order valence-electron chi connectivity index (χ3n) is 4.20. The Balaban J connectivity index is 1.98. The topological polar surface area (TPSA) is 77.4 Å². The highest BCUT2D eigenvalue weighted by Gasteiger charge is 2.29. The maximum Gasteiger partial charge on any atom is 0.245 e. The fourth-order valence-corrected chi connectivity index (χ4v) is 4.28. The molecule has 0 spiro atoms. The fourth-order valence-electron chi connectivity index (χ4n) is 2.73. The van der Waals surface area contributed by atoms with Crippen LogP contribution in [0.1, 0.15) is 5.56 Å². The number of hydrogen-bond acceptors (Lipinski definition) is 6. The zero-order valence-corrected chi connectivity index (χ0v) is 16.1. The highest BCUT2D eigenvalue weighted by Crippen LogP contribution is 2.31. The summed E-state index contributed by atoms with van der Waals surface area (Å²) in [4.78, 5) is 4.53. The molecule has 0 amide bonds. The molecule has 0 aliphatic carbocycles. The van der Waals surface area contributed by atoms with Crippen LogP contribution in [0.4, 0.5) is 5.69 Å². The van der Waals surface area contributed by atoms with E-state index in [1.54, 1.807) is 25.5 Å². The van der Waals surface area contributed by atoms with Crippen molar-refractivity contribution in [3.05, 3.63) is 48.0 Å². The first-order valence-electron chi connectivity index (χ1n) is 8.48. The summed E-state index contributed by atoms with van der Waals surface area (Å²) in [6.45, 7) is 1.40. The Bertz CT molecular complexity index is 921. The molecular formula is C19H22N2O5S. The van der Waals surface area contributed by atoms with Crippen LogP contribution < -0.4 is 9.47 Å². The quantitative estimate of drug-likeness (QED) is 0.708. The van der Waals surface area contributed by atoms with E-state index >= 15 is 0 Å². The molecule has 0 aromatic heterocycles. The summed E-state index contributed by atoms with van der Waals surface area (Å²) in [6, 6.07) is 12.2. The van der Waals surface area contributed by atoms with Crippen molar-refractivity contribution < 1.29 is 22.6 Å². The lowest BCUT2D eigenvalue weighted by Gasteiger charge is -2.26. The second-order valence-corrected chi connectivity index (χ2v) is 7.79. The lowest BCUT2D eigenvalue weighted by atomic mass is 10.2. The number of benzene rings is 2. The molecule has 2 aromatic rings. The number of ether oxygens (including phenoxy) is 3. The molecule has 0 radical (unpaired) electrons. The lowest BCUT2D eigenvalue weighted by molar-refractivity contribution is 0.0730. The van der Waals surface area contributed by atoms with E-state index in [1.807, 2.05) is 24.3 Å². The van der Waals surface area contributed by atoms with Crippen molar-refractivity contribution in [1.29, 1.82) is 0 Å². The summed E-state index contributed by atoms with van der Waals surface area (Å²) in [7, 11) is -0.618. The Hall–Kier alpha value is -2.42. The molecule has 0 saturated carbocycles. The first-order valence-corrected chi connectivity index (χ1v) is 9.92. The predicted molar refractivity (Wildman–Crippen MR) is 103 cm³/mol. The van der Waals surface area contributed by atoms with Crippen LogP contribution in [0.25, 0.3) is 0 Å². The van der Waals surface area contributed by atoms with Gasteiger partial charge in [-0.25, -0.2) is 8.42 Å². The van der Waals surface area contributed by atoms with Gasteiger partial charge in [0.05, 0.1) is 33.1 Å². The predicted octanol–water partition coefficient (Wildman–Crippen LogP) is 2.48. The van der Waals surface area contributed by atoms with Gasteiger partial charge < -0.3 is 14.2 Å². The van der Waals surface area contributed by atoms with Crippen LogP contribution in [0, 0.1) is 0 Å². The van der Waals surface area contributed by atoms with Crippen molar-refractivity contribution in [2.45, 2.75) is 4.90 Å². The average Bonchev–Trinajstić information content (AvgIpc) is 2.73. The summed E-state index contributed by atoms with van der Waals surface area (Å²) in [5.41, 5.74) is 1.16. The number of nitrogens with zero attached hydrogens (tertiary/aromatic N) is 2. The Morgan fingerprint density at radius 1 is 1.04 bits per heavy atom. The van der Waals surface area contributed by atoms with Crippen molar-refractivity contribution in [1.82, 2.24) is 4.31 Å². The maximum atomic E-state index is 13.1. The van der Waals surface area contributed by atoms with E-state index in [0.717, 1.165) is 5.56 Å². The van der Waals surface area contributed by atoms with Gasteiger partial charge >= 0.3 is 0 Å². The highest BCUT2D eigenvalue weighted by atomic mass is 32.2. The molecule has 27 heavy (non-hydrogen) atoms. The molecule has 1 aliphatic rings. The minimum Gasteiger partial charge on any atom is -0.497 e. The molecular weight excluding hydrogens is 368 g/mol. The zero-order valence-electron chi connectivity index (χ0n) is 15.3. The van der Waals surface area contributed by atoms with Gasteiger partial charge in [0.2, 0.25) is 10.0 Å². The molecule has 0 N–H and O–H groups in total. The fraction of sp³-hybridized carbons (Fsp3) is 0.316. The van der Waals surface area contributed by atoms with Gasteiger partial charge in [-0.05, 0) is 29.8 Å². The Labute approximate surface area is 159 Å². The molecule has 144 valence electrons. The number of hydrogen-bond donors (Lipinski definition) is 0. The van der Waals surface area contributed by atoms with Crippen LogP contribution in [-0.2, 0) is 14.8 Å². The number of morpholine rings is 1. The number of aliphatic imine (C=N–C) groups is 1. The van der Waals surface area contributed by atoms with E-state index in [1.165, 1.54) is 17.5 Å². The number of rotatable bonds is 6. The molecule has 0 atom stereocenters. The minimum absolute atomic E-state index is 0.114. The molecule has 2 aromatic carbocycles. The molecule has 0 bridgehead atoms. The van der Waals surface area contributed by atoms with Crippen molar-refractivity contribution >= 4 is 21.9 Å². The van der Waals surface area contributed by atoms with Crippen molar-refractivity contribution in [2.75, 3.05) is 40.5 Å². The van der Waals surface area contributed by atoms with Crippen LogP contribution in [0.3, 0.4) is 0 Å². The third-order valence-corrected chi connectivity index (χ3v) is 6.13. The largest absolute Gasteiger partial charge is 0.497 e. The molecule has 1 aliphatic heterocycles. The lowest BCUT2D eigenvalue weighted by Crippen LogP contribution is -2.40. The van der Waals surface area contributed by atoms with Gasteiger partial charge in [-0.15, -0.1) is 0 Å². The van der Waals surface area contributed by atoms with E-state index in [-0.39, 0.29) is 4.90 Å². The smallest absolute Gasteiger partial charge is 0.245 e. The number of methoxy groups -OCH3 is 2. The second-order valence-electron chi connectivity index (χ2n) is 5.88. The van der Waals surface area contributed by atoms with Gasteiger partial charge in [-0.2, -0.15) is 4.31 Å². The molecule has 3 rings (SSSR count). The monoisotopic (exact) mass is 390 g/mol. The standard InChI is InChI=1S/C19H22N2O5S/c1-24-16-5-3-4-15(12-16)14-20-18-7-6-17(25-2)13-19(18)27(22,23)21-8-10-26-11-9-21/h3-7,12-14H,8-11H2,1-2H3. The summed E-state index contributed by atoms with van der Waals surface area (Å²) >= 11 is 0. The summed E-state index contributed by atoms with van der Waals surface area (Å²) in [5, 5.41) is 0. The van der Waals surface area contributed by atoms with E-state index < -0.39 is 10.0 Å². The molecule has 8 heteroatoms. The van der Waals surface area contributed by atoms with E-state index in [9.17, 15) is 8.42 Å². The van der Waals surface area contributed by atoms with Crippen LogP contribution in [0.5, 0.6) is 11.5 Å². The maximum absolute atomic E-state index is 13.1. The van der Waals surface area contributed by atoms with E-state index in [0.29, 0.717) is 43.5 Å². The normalized spacial score (nSPS) is 15.8. The Morgan fingerprint density at radius 2 is 1.74 bits per heavy atom. The molecule has 7 nitrogen and oxygen atoms in total. The summed E-state index contributed by atoms with van der Waals surface area (Å²) < 4.78 is 43.3. The molecule has 1 heterocycles. The van der Waals surface area contributed by atoms with Crippen LogP contribution in [0.15, 0.2) is 52.4 Å². The van der Waals surface area contributed by atoms with E-state index in [2.05, 4.69) is 4.99 Å². The number of sulfonamides is 1. The Kier molecular flexibility index (Phi) is 6.10. The summed E-state index contributed by atoms with van der Waals surface area (Å²) in [6.07, 6.45) is 1.61. The van der Waals surface area contributed by atoms with Crippen LogP contribution in [0.2, 0.25) is 0 Å². The molecule has 0 unspecified atom stereocenters. The van der Waals surface area contributed by atoms with Gasteiger partial charge in [0.1, 0.15) is 16.4 Å². The van der Waals surface area contributed by atoms with Crippen molar-refractivity contribution in [3.63, 3.8) is 0 Å². The van der Waals surface area contributed by atoms with Gasteiger partial charge in [0, 0.05) is 25.4 Å². The third kappa shape index (κ3) is 4.47.